The molecule has 1 aliphatic rings. The van der Waals surface area contributed by atoms with Crippen LogP contribution in [-0.4, -0.2) is 57.5 Å². The molecule has 0 saturated carbocycles. The normalized spacial score (nSPS) is 16.4. The number of hydrogen-bond acceptors (Lipinski definition) is 5. The van der Waals surface area contributed by atoms with E-state index in [0.717, 1.165) is 12.8 Å². The van der Waals surface area contributed by atoms with Crippen LogP contribution < -0.4 is 5.32 Å². The van der Waals surface area contributed by atoms with Crippen LogP contribution in [-0.2, 0) is 4.74 Å². The van der Waals surface area contributed by atoms with E-state index in [1.807, 2.05) is 20.8 Å². The van der Waals surface area contributed by atoms with Crippen LogP contribution in [0.1, 0.15) is 44.1 Å². The summed E-state index contributed by atoms with van der Waals surface area (Å²) in [4.78, 5) is 25.4. The minimum absolute atomic E-state index is 0.233. The molecule has 2 amide bonds. The van der Waals surface area contributed by atoms with Crippen molar-refractivity contribution in [2.45, 2.75) is 39.2 Å². The van der Waals surface area contributed by atoms with E-state index in [1.165, 1.54) is 6.20 Å². The molecule has 1 fully saturated rings. The monoisotopic (exact) mass is 309 g/mol. The number of aromatic amines is 1. The largest absolute Gasteiger partial charge is 0.444 e. The van der Waals surface area contributed by atoms with Gasteiger partial charge in [-0.3, -0.25) is 4.79 Å². The molecule has 0 radical (unpaired) electrons. The number of carbonyl (C=O) groups excluding carboxylic acids is 2. The number of nitrogens with zero attached hydrogens (tertiary/aromatic N) is 3. The molecule has 0 spiro atoms. The highest BCUT2D eigenvalue weighted by molar-refractivity contribution is 5.91. The molecule has 8 heteroatoms. The van der Waals surface area contributed by atoms with Crippen molar-refractivity contribution in [3.05, 3.63) is 11.9 Å². The van der Waals surface area contributed by atoms with Crippen molar-refractivity contribution in [2.24, 2.45) is 5.92 Å². The topological polar surface area (TPSA) is 100 Å². The number of H-pyrrole nitrogens is 1. The van der Waals surface area contributed by atoms with Crippen LogP contribution in [0, 0.1) is 5.92 Å². The van der Waals surface area contributed by atoms with Crippen molar-refractivity contribution in [1.82, 2.24) is 25.6 Å². The van der Waals surface area contributed by atoms with E-state index in [1.54, 1.807) is 4.90 Å². The molecule has 0 unspecified atom stereocenters. The number of piperidine rings is 1. The number of carbonyl (C=O) groups is 2. The Kier molecular flexibility index (Phi) is 4.99. The lowest BCUT2D eigenvalue weighted by atomic mass is 9.97. The molecule has 0 atom stereocenters. The summed E-state index contributed by atoms with van der Waals surface area (Å²) in [6, 6.07) is 0. The molecule has 1 aromatic rings. The predicted molar refractivity (Wildman–Crippen MR) is 79.2 cm³/mol. The number of nitrogens with one attached hydrogen (secondary N) is 2. The second-order valence-corrected chi connectivity index (χ2v) is 6.48. The quantitative estimate of drug-likeness (QED) is 0.873. The van der Waals surface area contributed by atoms with Crippen molar-refractivity contribution in [3.63, 3.8) is 0 Å². The van der Waals surface area contributed by atoms with Gasteiger partial charge in [-0.25, -0.2) is 4.79 Å². The van der Waals surface area contributed by atoms with E-state index in [9.17, 15) is 9.59 Å². The van der Waals surface area contributed by atoms with Crippen LogP contribution in [0.4, 0.5) is 4.79 Å². The fourth-order valence-corrected chi connectivity index (χ4v) is 2.28. The molecule has 22 heavy (non-hydrogen) atoms. The highest BCUT2D eigenvalue weighted by Crippen LogP contribution is 2.19. The van der Waals surface area contributed by atoms with Crippen molar-refractivity contribution >= 4 is 12.0 Å². The van der Waals surface area contributed by atoms with Gasteiger partial charge in [-0.15, -0.1) is 0 Å². The summed E-state index contributed by atoms with van der Waals surface area (Å²) in [5.41, 5.74) is -0.189. The Labute approximate surface area is 129 Å². The van der Waals surface area contributed by atoms with Crippen LogP contribution in [0.25, 0.3) is 0 Å². The van der Waals surface area contributed by atoms with E-state index < -0.39 is 5.60 Å². The molecule has 0 aliphatic carbocycles. The van der Waals surface area contributed by atoms with Gasteiger partial charge in [-0.05, 0) is 39.5 Å². The average Bonchev–Trinajstić information content (AvgIpc) is 2.97. The zero-order valence-corrected chi connectivity index (χ0v) is 13.3. The first-order valence-electron chi connectivity index (χ1n) is 7.47. The fraction of sp³-hybridized carbons (Fsp3) is 0.714. The first-order chi connectivity index (χ1) is 10.3. The second kappa shape index (κ2) is 6.76. The lowest BCUT2D eigenvalue weighted by molar-refractivity contribution is 0.0183. The maximum Gasteiger partial charge on any atom is 0.410 e. The Morgan fingerprint density at radius 2 is 2.09 bits per heavy atom. The van der Waals surface area contributed by atoms with Crippen molar-refractivity contribution in [3.8, 4) is 0 Å². The number of likely N-dealkylation sites (tertiary alicyclic amines) is 1. The van der Waals surface area contributed by atoms with E-state index >= 15 is 0 Å². The molecular weight excluding hydrogens is 286 g/mol. The lowest BCUT2D eigenvalue weighted by Gasteiger charge is -2.33. The van der Waals surface area contributed by atoms with Gasteiger partial charge in [-0.1, -0.05) is 0 Å². The van der Waals surface area contributed by atoms with Gasteiger partial charge in [0.05, 0.1) is 6.20 Å². The number of amides is 2. The number of aromatic nitrogens is 3. The highest BCUT2D eigenvalue weighted by Gasteiger charge is 2.27. The van der Waals surface area contributed by atoms with Crippen molar-refractivity contribution in [1.29, 1.82) is 0 Å². The molecule has 0 bridgehead atoms. The number of hydrogen-bond donors (Lipinski definition) is 2. The summed E-state index contributed by atoms with van der Waals surface area (Å²) in [7, 11) is 0. The summed E-state index contributed by atoms with van der Waals surface area (Å²) < 4.78 is 5.36. The van der Waals surface area contributed by atoms with Crippen LogP contribution in [0.2, 0.25) is 0 Å². The molecule has 8 nitrogen and oxygen atoms in total. The van der Waals surface area contributed by atoms with Gasteiger partial charge in [0.2, 0.25) is 0 Å². The van der Waals surface area contributed by atoms with Crippen LogP contribution in [0.15, 0.2) is 6.20 Å². The second-order valence-electron chi connectivity index (χ2n) is 6.48. The smallest absolute Gasteiger partial charge is 0.410 e. The standard InChI is InChI=1S/C14H23N5O3/c1-14(2,3)22-13(21)19-6-4-10(5-7-19)8-15-12(20)11-9-16-18-17-11/h9-10H,4-8H2,1-3H3,(H,15,20)(H,16,17,18). The molecule has 2 heterocycles. The first kappa shape index (κ1) is 16.3. The van der Waals surface area contributed by atoms with E-state index in [2.05, 4.69) is 20.7 Å². The highest BCUT2D eigenvalue weighted by atomic mass is 16.6. The Morgan fingerprint density at radius 1 is 1.41 bits per heavy atom. The van der Waals surface area contributed by atoms with Gasteiger partial charge in [0.1, 0.15) is 5.60 Å². The van der Waals surface area contributed by atoms with Gasteiger partial charge in [0.25, 0.3) is 5.91 Å². The Bertz CT molecular complexity index is 501. The third-order valence-corrected chi connectivity index (χ3v) is 3.47. The van der Waals surface area contributed by atoms with Gasteiger partial charge < -0.3 is 15.0 Å². The average molecular weight is 309 g/mol. The summed E-state index contributed by atoms with van der Waals surface area (Å²) >= 11 is 0. The fourth-order valence-electron chi connectivity index (χ4n) is 2.28. The Hall–Kier alpha value is -2.12. The maximum absolute atomic E-state index is 12.0. The van der Waals surface area contributed by atoms with Crippen molar-refractivity contribution < 1.29 is 14.3 Å². The zero-order chi connectivity index (χ0) is 16.2. The van der Waals surface area contributed by atoms with Gasteiger partial charge in [-0.2, -0.15) is 15.4 Å². The lowest BCUT2D eigenvalue weighted by Crippen LogP contribution is -2.43. The molecule has 122 valence electrons. The van der Waals surface area contributed by atoms with Crippen molar-refractivity contribution in [2.75, 3.05) is 19.6 Å². The Morgan fingerprint density at radius 3 is 2.64 bits per heavy atom. The van der Waals surface area contributed by atoms with Gasteiger partial charge in [0.15, 0.2) is 5.69 Å². The summed E-state index contributed by atoms with van der Waals surface area (Å²) in [6.07, 6.45) is 2.81. The third-order valence-electron chi connectivity index (χ3n) is 3.47. The first-order valence-corrected chi connectivity index (χ1v) is 7.47. The molecular formula is C14H23N5O3. The minimum atomic E-state index is -0.473. The molecule has 1 aliphatic heterocycles. The molecule has 0 aromatic carbocycles. The minimum Gasteiger partial charge on any atom is -0.444 e. The maximum atomic E-state index is 12.0. The summed E-state index contributed by atoms with van der Waals surface area (Å²) in [6.45, 7) is 7.46. The zero-order valence-electron chi connectivity index (χ0n) is 13.3. The van der Waals surface area contributed by atoms with E-state index in [-0.39, 0.29) is 17.7 Å². The SMILES string of the molecule is CC(C)(C)OC(=O)N1CCC(CNC(=O)c2cn[nH]n2)CC1. The van der Waals surface area contributed by atoms with Crippen LogP contribution >= 0.6 is 0 Å². The molecule has 1 aromatic heterocycles. The van der Waals surface area contributed by atoms with Gasteiger partial charge >= 0.3 is 6.09 Å². The van der Waals surface area contributed by atoms with Crippen LogP contribution in [0.5, 0.6) is 0 Å². The van der Waals surface area contributed by atoms with Crippen LogP contribution in [0.3, 0.4) is 0 Å². The molecule has 1 saturated heterocycles. The third kappa shape index (κ3) is 4.71. The van der Waals surface area contributed by atoms with Gasteiger partial charge in [0, 0.05) is 19.6 Å². The number of rotatable bonds is 3. The predicted octanol–water partition coefficient (Wildman–Crippen LogP) is 1.18. The summed E-state index contributed by atoms with van der Waals surface area (Å²) in [5, 5.41) is 12.6. The molecule has 2 rings (SSSR count). The number of ether oxygens (including phenoxy) is 1. The van der Waals surface area contributed by atoms with E-state index in [0.29, 0.717) is 25.6 Å². The summed E-state index contributed by atoms with van der Waals surface area (Å²) in [5.74, 6) is 0.123. The Balaban J connectivity index is 1.71. The van der Waals surface area contributed by atoms with E-state index in [4.69, 9.17) is 4.74 Å². The molecule has 2 N–H and O–H groups in total.